The number of hydrogen-bond donors (Lipinski definition) is 2. The summed E-state index contributed by atoms with van der Waals surface area (Å²) in [6.07, 6.45) is 4.79. The predicted molar refractivity (Wildman–Crippen MR) is 76.4 cm³/mol. The molecule has 3 unspecified atom stereocenters. The quantitative estimate of drug-likeness (QED) is 0.801. The van der Waals surface area contributed by atoms with E-state index in [-0.39, 0.29) is 18.4 Å². The summed E-state index contributed by atoms with van der Waals surface area (Å²) in [4.78, 5) is 25.1. The van der Waals surface area contributed by atoms with E-state index in [9.17, 15) is 9.59 Å². The highest BCUT2D eigenvalue weighted by molar-refractivity contribution is 5.78. The molecule has 2 saturated heterocycles. The monoisotopic (exact) mass is 282 g/mol. The zero-order valence-corrected chi connectivity index (χ0v) is 12.3. The van der Waals surface area contributed by atoms with Crippen molar-refractivity contribution in [3.63, 3.8) is 0 Å². The van der Waals surface area contributed by atoms with Crippen molar-refractivity contribution >= 4 is 11.9 Å². The number of nitrogens with one attached hydrogen (secondary N) is 1. The molecule has 2 fully saturated rings. The Kier molecular flexibility index (Phi) is 5.40. The van der Waals surface area contributed by atoms with E-state index in [2.05, 4.69) is 12.2 Å². The number of aliphatic carboxylic acids is 1. The lowest BCUT2D eigenvalue weighted by Gasteiger charge is -2.30. The minimum absolute atomic E-state index is 0.0864. The fourth-order valence-corrected chi connectivity index (χ4v) is 3.50. The van der Waals surface area contributed by atoms with Gasteiger partial charge in [-0.15, -0.1) is 0 Å². The van der Waals surface area contributed by atoms with Gasteiger partial charge >= 0.3 is 5.97 Å². The third-order valence-electron chi connectivity index (χ3n) is 4.74. The van der Waals surface area contributed by atoms with E-state index in [0.29, 0.717) is 18.3 Å². The normalized spacial score (nSPS) is 28.4. The third-order valence-corrected chi connectivity index (χ3v) is 4.74. The topological polar surface area (TPSA) is 69.6 Å². The summed E-state index contributed by atoms with van der Waals surface area (Å²) in [5.74, 6) is 0.292. The minimum atomic E-state index is -0.806. The number of rotatable bonds is 5. The molecule has 2 rings (SSSR count). The van der Waals surface area contributed by atoms with Crippen LogP contribution in [-0.2, 0) is 9.59 Å². The van der Waals surface area contributed by atoms with Crippen LogP contribution in [0.25, 0.3) is 0 Å². The van der Waals surface area contributed by atoms with Crippen molar-refractivity contribution in [3.8, 4) is 0 Å². The van der Waals surface area contributed by atoms with Gasteiger partial charge in [-0.2, -0.15) is 0 Å². The van der Waals surface area contributed by atoms with Crippen molar-refractivity contribution < 1.29 is 14.7 Å². The molecule has 20 heavy (non-hydrogen) atoms. The molecular formula is C15H26N2O3. The number of likely N-dealkylation sites (tertiary alicyclic amines) is 1. The van der Waals surface area contributed by atoms with Crippen LogP contribution in [0.5, 0.6) is 0 Å². The molecule has 0 bridgehead atoms. The number of piperidine rings is 1. The largest absolute Gasteiger partial charge is 0.481 e. The van der Waals surface area contributed by atoms with Gasteiger partial charge in [-0.1, -0.05) is 6.92 Å². The number of hydrogen-bond acceptors (Lipinski definition) is 3. The van der Waals surface area contributed by atoms with Crippen LogP contribution in [0.2, 0.25) is 0 Å². The molecule has 0 saturated carbocycles. The van der Waals surface area contributed by atoms with Gasteiger partial charge in [-0.3, -0.25) is 9.59 Å². The first-order valence-electron chi connectivity index (χ1n) is 7.80. The lowest BCUT2D eigenvalue weighted by Crippen LogP contribution is -2.40. The fourth-order valence-electron chi connectivity index (χ4n) is 3.50. The van der Waals surface area contributed by atoms with Gasteiger partial charge in [-0.25, -0.2) is 0 Å². The second kappa shape index (κ2) is 7.07. The zero-order chi connectivity index (χ0) is 14.5. The maximum atomic E-state index is 12.4. The second-order valence-corrected chi connectivity index (χ2v) is 6.27. The van der Waals surface area contributed by atoms with Gasteiger partial charge in [0.25, 0.3) is 0 Å². The van der Waals surface area contributed by atoms with Gasteiger partial charge < -0.3 is 15.3 Å². The highest BCUT2D eigenvalue weighted by Crippen LogP contribution is 2.26. The van der Waals surface area contributed by atoms with Crippen molar-refractivity contribution in [2.45, 2.75) is 51.5 Å². The number of carboxylic acids is 1. The molecule has 0 aliphatic carbocycles. The van der Waals surface area contributed by atoms with E-state index >= 15 is 0 Å². The summed E-state index contributed by atoms with van der Waals surface area (Å²) in [7, 11) is 0. The van der Waals surface area contributed by atoms with Gasteiger partial charge in [0.05, 0.1) is 6.42 Å². The van der Waals surface area contributed by atoms with E-state index in [0.717, 1.165) is 32.5 Å². The van der Waals surface area contributed by atoms with Crippen LogP contribution in [0.3, 0.4) is 0 Å². The highest BCUT2D eigenvalue weighted by atomic mass is 16.4. The van der Waals surface area contributed by atoms with Crippen molar-refractivity contribution in [2.75, 3.05) is 19.6 Å². The Morgan fingerprint density at radius 1 is 1.35 bits per heavy atom. The maximum Gasteiger partial charge on any atom is 0.305 e. The first kappa shape index (κ1) is 15.3. The Hall–Kier alpha value is -1.10. The standard InChI is InChI=1S/C15H26N2O3/c1-11(12-4-2-6-16-10-12)8-14(18)17-7-3-5-13(17)9-15(19)20/h11-13,16H,2-10H2,1H3,(H,19,20). The predicted octanol–water partition coefficient (Wildman–Crippen LogP) is 1.48. The number of carbonyl (C=O) groups is 2. The van der Waals surface area contributed by atoms with Crippen LogP contribution in [0.1, 0.15) is 45.4 Å². The van der Waals surface area contributed by atoms with E-state index < -0.39 is 5.97 Å². The van der Waals surface area contributed by atoms with Crippen molar-refractivity contribution in [1.29, 1.82) is 0 Å². The van der Waals surface area contributed by atoms with Gasteiger partial charge in [0, 0.05) is 19.0 Å². The first-order chi connectivity index (χ1) is 9.58. The summed E-state index contributed by atoms with van der Waals surface area (Å²) in [6.45, 7) is 4.97. The fraction of sp³-hybridized carbons (Fsp3) is 0.867. The molecule has 3 atom stereocenters. The van der Waals surface area contributed by atoms with Crippen LogP contribution in [0, 0.1) is 11.8 Å². The molecule has 2 aliphatic heterocycles. The van der Waals surface area contributed by atoms with E-state index in [4.69, 9.17) is 5.11 Å². The van der Waals surface area contributed by atoms with Crippen LogP contribution in [0.15, 0.2) is 0 Å². The molecule has 0 aromatic carbocycles. The van der Waals surface area contributed by atoms with Gasteiger partial charge in [0.2, 0.25) is 5.91 Å². The second-order valence-electron chi connectivity index (χ2n) is 6.27. The molecule has 2 N–H and O–H groups in total. The third kappa shape index (κ3) is 3.95. The number of nitrogens with zero attached hydrogens (tertiary/aromatic N) is 1. The van der Waals surface area contributed by atoms with Gasteiger partial charge in [0.1, 0.15) is 0 Å². The molecule has 1 amide bonds. The van der Waals surface area contributed by atoms with Gasteiger partial charge in [-0.05, 0) is 50.6 Å². The van der Waals surface area contributed by atoms with Crippen LogP contribution >= 0.6 is 0 Å². The molecule has 0 aromatic rings. The van der Waals surface area contributed by atoms with Crippen molar-refractivity contribution in [1.82, 2.24) is 10.2 Å². The molecular weight excluding hydrogens is 256 g/mol. The molecule has 0 spiro atoms. The van der Waals surface area contributed by atoms with E-state index in [1.54, 1.807) is 4.90 Å². The van der Waals surface area contributed by atoms with Crippen LogP contribution in [-0.4, -0.2) is 47.6 Å². The summed E-state index contributed by atoms with van der Waals surface area (Å²) in [5.41, 5.74) is 0. The first-order valence-corrected chi connectivity index (χ1v) is 7.80. The van der Waals surface area contributed by atoms with Crippen LogP contribution < -0.4 is 5.32 Å². The Morgan fingerprint density at radius 2 is 2.15 bits per heavy atom. The van der Waals surface area contributed by atoms with Crippen molar-refractivity contribution in [3.05, 3.63) is 0 Å². The average Bonchev–Trinajstić information content (AvgIpc) is 2.87. The average molecular weight is 282 g/mol. The Bertz CT molecular complexity index is 353. The Balaban J connectivity index is 1.85. The number of carbonyl (C=O) groups excluding carboxylic acids is 1. The zero-order valence-electron chi connectivity index (χ0n) is 12.3. The summed E-state index contributed by atoms with van der Waals surface area (Å²) >= 11 is 0. The maximum absolute atomic E-state index is 12.4. The summed E-state index contributed by atoms with van der Waals surface area (Å²) in [5, 5.41) is 12.3. The van der Waals surface area contributed by atoms with Crippen LogP contribution in [0.4, 0.5) is 0 Å². The molecule has 114 valence electrons. The molecule has 2 heterocycles. The number of amides is 1. The Morgan fingerprint density at radius 3 is 2.80 bits per heavy atom. The molecule has 0 radical (unpaired) electrons. The highest BCUT2D eigenvalue weighted by Gasteiger charge is 2.32. The Labute approximate surface area is 120 Å². The summed E-state index contributed by atoms with van der Waals surface area (Å²) < 4.78 is 0. The molecule has 0 aromatic heterocycles. The lowest BCUT2D eigenvalue weighted by atomic mass is 9.85. The van der Waals surface area contributed by atoms with E-state index in [1.807, 2.05) is 0 Å². The molecule has 5 nitrogen and oxygen atoms in total. The van der Waals surface area contributed by atoms with Crippen molar-refractivity contribution in [2.24, 2.45) is 11.8 Å². The molecule has 2 aliphatic rings. The summed E-state index contributed by atoms with van der Waals surface area (Å²) in [6, 6.07) is -0.0864. The van der Waals surface area contributed by atoms with E-state index in [1.165, 1.54) is 12.8 Å². The smallest absolute Gasteiger partial charge is 0.305 e. The minimum Gasteiger partial charge on any atom is -0.481 e. The number of carboxylic acid groups (broad SMARTS) is 1. The van der Waals surface area contributed by atoms with Gasteiger partial charge in [0.15, 0.2) is 0 Å². The lowest BCUT2D eigenvalue weighted by molar-refractivity contribution is -0.140. The molecule has 5 heteroatoms. The SMILES string of the molecule is CC(CC(=O)N1CCCC1CC(=O)O)C1CCCNC1.